The first kappa shape index (κ1) is 24.3. The normalized spacial score (nSPS) is 11.5. The summed E-state index contributed by atoms with van der Waals surface area (Å²) in [5.74, 6) is 1.22. The fourth-order valence-corrected chi connectivity index (χ4v) is 2.94. The van der Waals surface area contributed by atoms with Crippen LogP contribution in [0.4, 0.5) is 0 Å². The molecule has 176 valence electrons. The van der Waals surface area contributed by atoms with Gasteiger partial charge in [-0.2, -0.15) is 5.10 Å². The average molecular weight is 462 g/mol. The maximum absolute atomic E-state index is 12.1. The molecule has 2 N–H and O–H groups in total. The maximum Gasteiger partial charge on any atom is 0.277 e. The van der Waals surface area contributed by atoms with E-state index in [1.54, 1.807) is 55.6 Å². The van der Waals surface area contributed by atoms with Crippen molar-refractivity contribution in [2.75, 3.05) is 20.3 Å². The van der Waals surface area contributed by atoms with E-state index in [9.17, 15) is 9.59 Å². The van der Waals surface area contributed by atoms with Gasteiger partial charge in [-0.05, 0) is 66.6 Å². The zero-order valence-corrected chi connectivity index (χ0v) is 19.1. The molecule has 0 heterocycles. The maximum atomic E-state index is 12.1. The molecule has 34 heavy (non-hydrogen) atoms. The van der Waals surface area contributed by atoms with Gasteiger partial charge in [0.05, 0.1) is 19.4 Å². The van der Waals surface area contributed by atoms with Crippen LogP contribution in [0.15, 0.2) is 84.0 Å². The Morgan fingerprint density at radius 1 is 0.824 bits per heavy atom. The van der Waals surface area contributed by atoms with Gasteiger partial charge in [0.15, 0.2) is 13.2 Å². The van der Waals surface area contributed by atoms with Crippen molar-refractivity contribution in [3.8, 4) is 17.2 Å². The molecule has 0 fully saturated rings. The number of benzene rings is 3. The molecule has 0 aliphatic heterocycles. The van der Waals surface area contributed by atoms with Crippen molar-refractivity contribution in [3.63, 3.8) is 0 Å². The van der Waals surface area contributed by atoms with Gasteiger partial charge in [-0.3, -0.25) is 9.59 Å². The lowest BCUT2D eigenvalue weighted by atomic mass is 10.1. The lowest BCUT2D eigenvalue weighted by Gasteiger charge is -2.14. The fraction of sp³-hybridized carbons (Fsp3) is 0.192. The largest absolute Gasteiger partial charge is 0.497 e. The monoisotopic (exact) mass is 461 g/mol. The number of hydrogen-bond donors (Lipinski definition) is 2. The van der Waals surface area contributed by atoms with Gasteiger partial charge in [0.2, 0.25) is 0 Å². The Kier molecular flexibility index (Phi) is 9.04. The second-order valence-corrected chi connectivity index (χ2v) is 7.31. The van der Waals surface area contributed by atoms with E-state index >= 15 is 0 Å². The Morgan fingerprint density at radius 3 is 2.00 bits per heavy atom. The van der Waals surface area contributed by atoms with Crippen LogP contribution >= 0.6 is 0 Å². The van der Waals surface area contributed by atoms with E-state index in [2.05, 4.69) is 15.8 Å². The van der Waals surface area contributed by atoms with E-state index in [1.165, 1.54) is 6.21 Å². The molecule has 0 aliphatic rings. The van der Waals surface area contributed by atoms with Gasteiger partial charge in [0.1, 0.15) is 17.2 Å². The molecule has 0 spiro atoms. The van der Waals surface area contributed by atoms with E-state index in [0.29, 0.717) is 17.2 Å². The first-order valence-corrected chi connectivity index (χ1v) is 10.7. The van der Waals surface area contributed by atoms with Gasteiger partial charge in [-0.25, -0.2) is 5.43 Å². The number of carbonyl (C=O) groups excluding carboxylic acids is 2. The van der Waals surface area contributed by atoms with Crippen molar-refractivity contribution < 1.29 is 23.8 Å². The standard InChI is InChI=1S/C26H27N3O5/c1-19(21-6-4-3-5-7-21)28-25(30)17-33-23-10-8-20(9-11-23)16-27-29-26(31)18-34-24-14-12-22(32-2)13-15-24/h3-16,19H,17-18H2,1-2H3,(H,28,30)(H,29,31)/b27-16-/t19-/m1/s1. The predicted octanol–water partition coefficient (Wildman–Crippen LogP) is 3.48. The number of nitrogens with zero attached hydrogens (tertiary/aromatic N) is 1. The molecule has 1 atom stereocenters. The summed E-state index contributed by atoms with van der Waals surface area (Å²) in [5.41, 5.74) is 4.19. The van der Waals surface area contributed by atoms with Gasteiger partial charge in [-0.15, -0.1) is 0 Å². The summed E-state index contributed by atoms with van der Waals surface area (Å²) in [6.45, 7) is 1.67. The lowest BCUT2D eigenvalue weighted by Crippen LogP contribution is -2.31. The van der Waals surface area contributed by atoms with E-state index < -0.39 is 0 Å². The Balaban J connectivity index is 1.37. The van der Waals surface area contributed by atoms with Crippen LogP contribution in [0.2, 0.25) is 0 Å². The minimum atomic E-state index is -0.386. The topological polar surface area (TPSA) is 98.2 Å². The third-order valence-corrected chi connectivity index (χ3v) is 4.76. The van der Waals surface area contributed by atoms with Gasteiger partial charge < -0.3 is 19.5 Å². The number of rotatable bonds is 11. The van der Waals surface area contributed by atoms with Crippen LogP contribution in [0.25, 0.3) is 0 Å². The molecule has 3 aromatic rings. The number of nitrogens with one attached hydrogen (secondary N) is 2. The van der Waals surface area contributed by atoms with Gasteiger partial charge in [0, 0.05) is 0 Å². The number of hydrogen-bond acceptors (Lipinski definition) is 6. The first-order chi connectivity index (χ1) is 16.5. The van der Waals surface area contributed by atoms with E-state index in [1.807, 2.05) is 37.3 Å². The van der Waals surface area contributed by atoms with Crippen molar-refractivity contribution in [2.24, 2.45) is 5.10 Å². The Bertz CT molecular complexity index is 1080. The highest BCUT2D eigenvalue weighted by molar-refractivity contribution is 5.83. The SMILES string of the molecule is COc1ccc(OCC(=O)N/N=C\c2ccc(OCC(=O)N[C@H](C)c3ccccc3)cc2)cc1. The molecule has 0 aromatic heterocycles. The molecule has 0 radical (unpaired) electrons. The predicted molar refractivity (Wildman–Crippen MR) is 129 cm³/mol. The summed E-state index contributed by atoms with van der Waals surface area (Å²) in [6.07, 6.45) is 1.50. The summed E-state index contributed by atoms with van der Waals surface area (Å²) >= 11 is 0. The second-order valence-electron chi connectivity index (χ2n) is 7.31. The molecule has 0 unspecified atom stereocenters. The molecule has 0 bridgehead atoms. The number of carbonyl (C=O) groups is 2. The zero-order chi connectivity index (χ0) is 24.2. The number of amides is 2. The molecule has 3 rings (SSSR count). The second kappa shape index (κ2) is 12.6. The minimum absolute atomic E-state index is 0.0884. The third-order valence-electron chi connectivity index (χ3n) is 4.76. The van der Waals surface area contributed by atoms with Crippen LogP contribution in [0.3, 0.4) is 0 Å². The smallest absolute Gasteiger partial charge is 0.277 e. The van der Waals surface area contributed by atoms with E-state index in [4.69, 9.17) is 14.2 Å². The Labute approximate surface area is 198 Å². The molecular weight excluding hydrogens is 434 g/mol. The van der Waals surface area contributed by atoms with Crippen molar-refractivity contribution in [2.45, 2.75) is 13.0 Å². The van der Waals surface area contributed by atoms with Crippen LogP contribution < -0.4 is 25.0 Å². The first-order valence-electron chi connectivity index (χ1n) is 10.7. The third kappa shape index (κ3) is 7.98. The Hall–Kier alpha value is -4.33. The number of methoxy groups -OCH3 is 1. The quantitative estimate of drug-likeness (QED) is 0.337. The van der Waals surface area contributed by atoms with Crippen molar-refractivity contribution in [1.82, 2.24) is 10.7 Å². The molecular formula is C26H27N3O5. The van der Waals surface area contributed by atoms with Crippen molar-refractivity contribution >= 4 is 18.0 Å². The molecule has 0 aliphatic carbocycles. The van der Waals surface area contributed by atoms with Crippen LogP contribution in [-0.2, 0) is 9.59 Å². The number of hydrazone groups is 1. The Morgan fingerprint density at radius 2 is 1.38 bits per heavy atom. The fourth-order valence-electron chi connectivity index (χ4n) is 2.94. The van der Waals surface area contributed by atoms with Crippen LogP contribution in [-0.4, -0.2) is 38.4 Å². The van der Waals surface area contributed by atoms with Gasteiger partial charge in [0.25, 0.3) is 11.8 Å². The van der Waals surface area contributed by atoms with Crippen molar-refractivity contribution in [3.05, 3.63) is 90.0 Å². The summed E-state index contributed by atoms with van der Waals surface area (Å²) in [5, 5.41) is 6.82. The van der Waals surface area contributed by atoms with Gasteiger partial charge >= 0.3 is 0 Å². The molecule has 8 nitrogen and oxygen atoms in total. The molecule has 3 aromatic carbocycles. The summed E-state index contributed by atoms with van der Waals surface area (Å²) in [4.78, 5) is 24.0. The van der Waals surface area contributed by atoms with Crippen LogP contribution in [0, 0.1) is 0 Å². The van der Waals surface area contributed by atoms with E-state index in [0.717, 1.165) is 11.1 Å². The lowest BCUT2D eigenvalue weighted by molar-refractivity contribution is -0.124. The summed E-state index contributed by atoms with van der Waals surface area (Å²) < 4.78 is 16.0. The summed E-state index contributed by atoms with van der Waals surface area (Å²) in [7, 11) is 1.58. The highest BCUT2D eigenvalue weighted by atomic mass is 16.5. The van der Waals surface area contributed by atoms with Gasteiger partial charge in [-0.1, -0.05) is 30.3 Å². The highest BCUT2D eigenvalue weighted by Gasteiger charge is 2.09. The molecule has 0 saturated carbocycles. The minimum Gasteiger partial charge on any atom is -0.497 e. The highest BCUT2D eigenvalue weighted by Crippen LogP contribution is 2.17. The molecule has 0 saturated heterocycles. The zero-order valence-electron chi connectivity index (χ0n) is 19.1. The van der Waals surface area contributed by atoms with Crippen LogP contribution in [0.1, 0.15) is 24.1 Å². The van der Waals surface area contributed by atoms with E-state index in [-0.39, 0.29) is 31.1 Å². The van der Waals surface area contributed by atoms with Crippen LogP contribution in [0.5, 0.6) is 17.2 Å². The molecule has 2 amide bonds. The summed E-state index contributed by atoms with van der Waals surface area (Å²) in [6, 6.07) is 23.5. The average Bonchev–Trinajstić information content (AvgIpc) is 2.88. The number of ether oxygens (including phenoxy) is 3. The molecule has 8 heteroatoms. The van der Waals surface area contributed by atoms with Crippen molar-refractivity contribution in [1.29, 1.82) is 0 Å².